The van der Waals surface area contributed by atoms with Gasteiger partial charge in [-0.15, -0.1) is 0 Å². The molecule has 2 N–H and O–H groups in total. The third-order valence-electron chi connectivity index (χ3n) is 4.03. The fourth-order valence-electron chi connectivity index (χ4n) is 2.90. The van der Waals surface area contributed by atoms with Gasteiger partial charge >= 0.3 is 0 Å². The summed E-state index contributed by atoms with van der Waals surface area (Å²) in [6.45, 7) is 0. The highest BCUT2D eigenvalue weighted by molar-refractivity contribution is 6.31. The number of anilines is 2. The standard InChI is InChI=1S/C17H12ClFN4O2/c18-10-7-9(5-6-11(10)19)20-15(24)8-14-16(25)22-17-21-12-3-1-2-4-13(12)23(14)17/h1-7,14H,8H2,(H,20,24)(H,21,22,25)/t14-/m1/s1. The van der Waals surface area contributed by atoms with Gasteiger partial charge in [0.25, 0.3) is 0 Å². The highest BCUT2D eigenvalue weighted by Gasteiger charge is 2.34. The van der Waals surface area contributed by atoms with Crippen LogP contribution in [0.3, 0.4) is 0 Å². The quantitative estimate of drug-likeness (QED) is 0.753. The van der Waals surface area contributed by atoms with Gasteiger partial charge in [0.2, 0.25) is 17.8 Å². The van der Waals surface area contributed by atoms with Crippen LogP contribution in [0.15, 0.2) is 42.5 Å². The van der Waals surface area contributed by atoms with Crippen molar-refractivity contribution in [1.82, 2.24) is 9.55 Å². The topological polar surface area (TPSA) is 76.0 Å². The molecule has 2 amide bonds. The van der Waals surface area contributed by atoms with E-state index in [1.807, 2.05) is 24.3 Å². The van der Waals surface area contributed by atoms with Gasteiger partial charge in [0.1, 0.15) is 11.9 Å². The number of imidazole rings is 1. The summed E-state index contributed by atoms with van der Waals surface area (Å²) in [5.74, 6) is -0.813. The van der Waals surface area contributed by atoms with E-state index >= 15 is 0 Å². The summed E-state index contributed by atoms with van der Waals surface area (Å²) in [7, 11) is 0. The number of benzene rings is 2. The number of amides is 2. The van der Waals surface area contributed by atoms with E-state index < -0.39 is 11.9 Å². The number of nitrogens with zero attached hydrogens (tertiary/aromatic N) is 2. The largest absolute Gasteiger partial charge is 0.326 e. The zero-order valence-corrected chi connectivity index (χ0v) is 13.5. The Balaban J connectivity index is 1.57. The molecule has 1 aromatic heterocycles. The average molecular weight is 359 g/mol. The Morgan fingerprint density at radius 3 is 2.92 bits per heavy atom. The number of carbonyl (C=O) groups excluding carboxylic acids is 2. The van der Waals surface area contributed by atoms with E-state index in [0.29, 0.717) is 11.6 Å². The zero-order valence-electron chi connectivity index (χ0n) is 12.8. The van der Waals surface area contributed by atoms with Crippen molar-refractivity contribution in [2.24, 2.45) is 0 Å². The summed E-state index contributed by atoms with van der Waals surface area (Å²) in [6, 6.07) is 10.6. The molecule has 2 aromatic carbocycles. The molecule has 1 aliphatic rings. The van der Waals surface area contributed by atoms with Crippen molar-refractivity contribution in [3.05, 3.63) is 53.3 Å². The first-order valence-electron chi connectivity index (χ1n) is 7.55. The Labute approximate surface area is 146 Å². The molecule has 1 atom stereocenters. The van der Waals surface area contributed by atoms with Gasteiger partial charge in [-0.1, -0.05) is 23.7 Å². The van der Waals surface area contributed by atoms with E-state index in [2.05, 4.69) is 15.6 Å². The molecule has 4 rings (SSSR count). The van der Waals surface area contributed by atoms with Crippen LogP contribution in [-0.4, -0.2) is 21.4 Å². The van der Waals surface area contributed by atoms with Gasteiger partial charge in [-0.25, -0.2) is 9.37 Å². The molecule has 0 radical (unpaired) electrons. The number of halogens is 2. The normalized spacial score (nSPS) is 15.9. The van der Waals surface area contributed by atoms with Crippen LogP contribution in [0.25, 0.3) is 11.0 Å². The van der Waals surface area contributed by atoms with Gasteiger partial charge in [-0.2, -0.15) is 0 Å². The molecule has 25 heavy (non-hydrogen) atoms. The zero-order chi connectivity index (χ0) is 17.6. The summed E-state index contributed by atoms with van der Waals surface area (Å²) < 4.78 is 14.9. The molecule has 0 unspecified atom stereocenters. The second-order valence-corrected chi connectivity index (χ2v) is 6.09. The maximum absolute atomic E-state index is 13.2. The summed E-state index contributed by atoms with van der Waals surface area (Å²) in [5.41, 5.74) is 1.89. The smallest absolute Gasteiger partial charge is 0.250 e. The average Bonchev–Trinajstić information content (AvgIpc) is 3.07. The van der Waals surface area contributed by atoms with Gasteiger partial charge in [0.15, 0.2) is 0 Å². The SMILES string of the molecule is O=C(C[C@@H]1C(=O)Nc2nc3ccccc3n21)Nc1ccc(F)c(Cl)c1. The molecule has 8 heteroatoms. The predicted octanol–water partition coefficient (Wildman–Crippen LogP) is 3.35. The van der Waals surface area contributed by atoms with E-state index in [1.54, 1.807) is 4.57 Å². The van der Waals surface area contributed by atoms with E-state index in [9.17, 15) is 14.0 Å². The van der Waals surface area contributed by atoms with Crippen LogP contribution in [-0.2, 0) is 9.59 Å². The monoisotopic (exact) mass is 358 g/mol. The van der Waals surface area contributed by atoms with Crippen molar-refractivity contribution in [3.63, 3.8) is 0 Å². The number of rotatable bonds is 3. The van der Waals surface area contributed by atoms with E-state index in [0.717, 1.165) is 11.0 Å². The van der Waals surface area contributed by atoms with Crippen LogP contribution >= 0.6 is 11.6 Å². The molecule has 126 valence electrons. The molecule has 0 fully saturated rings. The van der Waals surface area contributed by atoms with Gasteiger partial charge in [0, 0.05) is 5.69 Å². The summed E-state index contributed by atoms with van der Waals surface area (Å²) >= 11 is 5.71. The fourth-order valence-corrected chi connectivity index (χ4v) is 3.08. The molecule has 0 saturated heterocycles. The summed E-state index contributed by atoms with van der Waals surface area (Å²) in [4.78, 5) is 28.9. The van der Waals surface area contributed by atoms with E-state index in [4.69, 9.17) is 11.6 Å². The van der Waals surface area contributed by atoms with Gasteiger partial charge in [-0.3, -0.25) is 19.5 Å². The third-order valence-corrected chi connectivity index (χ3v) is 4.32. The molecular weight excluding hydrogens is 347 g/mol. The number of nitrogens with one attached hydrogen (secondary N) is 2. The first-order valence-corrected chi connectivity index (χ1v) is 7.93. The lowest BCUT2D eigenvalue weighted by molar-refractivity contribution is -0.123. The third kappa shape index (κ3) is 2.72. The van der Waals surface area contributed by atoms with Crippen LogP contribution in [0.4, 0.5) is 16.0 Å². The van der Waals surface area contributed by atoms with Crippen molar-refractivity contribution in [1.29, 1.82) is 0 Å². The van der Waals surface area contributed by atoms with Crippen molar-refractivity contribution in [3.8, 4) is 0 Å². The van der Waals surface area contributed by atoms with Crippen molar-refractivity contribution >= 4 is 46.1 Å². The molecule has 0 aliphatic carbocycles. The first kappa shape index (κ1) is 15.6. The van der Waals surface area contributed by atoms with Gasteiger partial charge in [-0.05, 0) is 30.3 Å². The Morgan fingerprint density at radius 2 is 2.12 bits per heavy atom. The highest BCUT2D eigenvalue weighted by atomic mass is 35.5. The lowest BCUT2D eigenvalue weighted by atomic mass is 10.1. The van der Waals surface area contributed by atoms with Crippen molar-refractivity contribution in [2.45, 2.75) is 12.5 Å². The molecule has 3 aromatic rings. The molecule has 0 saturated carbocycles. The second-order valence-electron chi connectivity index (χ2n) is 5.68. The highest BCUT2D eigenvalue weighted by Crippen LogP contribution is 2.32. The number of aromatic nitrogens is 2. The van der Waals surface area contributed by atoms with Crippen LogP contribution in [0, 0.1) is 5.82 Å². The van der Waals surface area contributed by atoms with Crippen LogP contribution in [0.2, 0.25) is 5.02 Å². The molecular formula is C17H12ClFN4O2. The Bertz CT molecular complexity index is 1020. The molecule has 0 bridgehead atoms. The van der Waals surface area contributed by atoms with Crippen LogP contribution in [0.1, 0.15) is 12.5 Å². The maximum Gasteiger partial charge on any atom is 0.250 e. The maximum atomic E-state index is 13.2. The van der Waals surface area contributed by atoms with Crippen molar-refractivity contribution < 1.29 is 14.0 Å². The molecule has 2 heterocycles. The lowest BCUT2D eigenvalue weighted by Crippen LogP contribution is -2.23. The molecule has 1 aliphatic heterocycles. The summed E-state index contributed by atoms with van der Waals surface area (Å²) in [6.07, 6.45) is -0.0752. The Kier molecular flexibility index (Phi) is 3.65. The molecule has 0 spiro atoms. The number of hydrogen-bond donors (Lipinski definition) is 2. The van der Waals surface area contributed by atoms with Crippen LogP contribution < -0.4 is 10.6 Å². The number of carbonyl (C=O) groups is 2. The van der Waals surface area contributed by atoms with Gasteiger partial charge < -0.3 is 5.32 Å². The minimum absolute atomic E-state index is 0.0752. The van der Waals surface area contributed by atoms with Crippen molar-refractivity contribution in [2.75, 3.05) is 10.6 Å². The molecule has 6 nitrogen and oxygen atoms in total. The van der Waals surface area contributed by atoms with Crippen LogP contribution in [0.5, 0.6) is 0 Å². The lowest BCUT2D eigenvalue weighted by Gasteiger charge is -2.12. The minimum Gasteiger partial charge on any atom is -0.326 e. The predicted molar refractivity (Wildman–Crippen MR) is 92.1 cm³/mol. The fraction of sp³-hybridized carbons (Fsp3) is 0.118. The first-order chi connectivity index (χ1) is 12.0. The number of para-hydroxylation sites is 2. The number of hydrogen-bond acceptors (Lipinski definition) is 3. The second kappa shape index (κ2) is 5.86. The van der Waals surface area contributed by atoms with E-state index in [-0.39, 0.29) is 23.3 Å². The number of fused-ring (bicyclic) bond motifs is 3. The minimum atomic E-state index is -0.696. The van der Waals surface area contributed by atoms with E-state index in [1.165, 1.54) is 18.2 Å². The Hall–Kier alpha value is -2.93. The Morgan fingerprint density at radius 1 is 1.32 bits per heavy atom. The summed E-state index contributed by atoms with van der Waals surface area (Å²) in [5, 5.41) is 5.23. The van der Waals surface area contributed by atoms with Gasteiger partial charge in [0.05, 0.1) is 22.5 Å².